The van der Waals surface area contributed by atoms with Crippen LogP contribution in [0.15, 0.2) is 12.4 Å². The van der Waals surface area contributed by atoms with Crippen molar-refractivity contribution in [1.29, 1.82) is 0 Å². The minimum absolute atomic E-state index is 0.112. The highest BCUT2D eigenvalue weighted by atomic mass is 16.1. The van der Waals surface area contributed by atoms with Gasteiger partial charge in [-0.15, -0.1) is 0 Å². The second-order valence-electron chi connectivity index (χ2n) is 5.11. The molecule has 1 atom stereocenters. The fraction of sp³-hybridized carbons (Fsp3) is 0.467. The quantitative estimate of drug-likeness (QED) is 0.934. The number of nitrogens with zero attached hydrogens (tertiary/aromatic N) is 4. The Bertz CT molecular complexity index is 645. The minimum atomic E-state index is -0.175. The molecular weight excluding hydrogens is 266 g/mol. The van der Waals surface area contributed by atoms with Crippen LogP contribution in [-0.4, -0.2) is 25.7 Å². The van der Waals surface area contributed by atoms with Gasteiger partial charge in [0.25, 0.3) is 5.91 Å². The molecule has 2 heterocycles. The number of aryl methyl sites for hydroxylation is 3. The van der Waals surface area contributed by atoms with Gasteiger partial charge in [0.1, 0.15) is 5.82 Å². The summed E-state index contributed by atoms with van der Waals surface area (Å²) < 4.78 is 1.95. The van der Waals surface area contributed by atoms with Crippen LogP contribution in [0.1, 0.15) is 53.0 Å². The molecule has 0 radical (unpaired) electrons. The molecule has 6 heteroatoms. The van der Waals surface area contributed by atoms with Crippen molar-refractivity contribution in [3.05, 3.63) is 40.7 Å². The molecule has 1 N–H and O–H groups in total. The van der Waals surface area contributed by atoms with E-state index >= 15 is 0 Å². The lowest BCUT2D eigenvalue weighted by atomic mass is 10.1. The standard InChI is InChI=1S/C15H21N5O/c1-6-20-11(4)14(10(3)19-20)9(2)18-15(21)13-7-16-12(5)17-8-13/h7-9H,6H2,1-5H3,(H,18,21)/t9-/m1/s1. The molecule has 6 nitrogen and oxygen atoms in total. The molecule has 0 spiro atoms. The summed E-state index contributed by atoms with van der Waals surface area (Å²) in [7, 11) is 0. The highest BCUT2D eigenvalue weighted by Crippen LogP contribution is 2.21. The fourth-order valence-corrected chi connectivity index (χ4v) is 2.51. The van der Waals surface area contributed by atoms with Crippen LogP contribution >= 0.6 is 0 Å². The Kier molecular flexibility index (Phi) is 4.35. The van der Waals surface area contributed by atoms with Crippen molar-refractivity contribution in [1.82, 2.24) is 25.1 Å². The zero-order valence-electron chi connectivity index (χ0n) is 13.1. The summed E-state index contributed by atoms with van der Waals surface area (Å²) in [6.45, 7) is 10.6. The number of hydrogen-bond donors (Lipinski definition) is 1. The molecule has 2 aromatic rings. The molecular formula is C15H21N5O. The number of aromatic nitrogens is 4. The molecule has 1 amide bonds. The van der Waals surface area contributed by atoms with E-state index in [1.165, 1.54) is 0 Å². The van der Waals surface area contributed by atoms with Gasteiger partial charge in [-0.25, -0.2) is 9.97 Å². The van der Waals surface area contributed by atoms with Crippen molar-refractivity contribution in [2.75, 3.05) is 0 Å². The summed E-state index contributed by atoms with van der Waals surface area (Å²) in [6.07, 6.45) is 3.08. The first-order valence-electron chi connectivity index (χ1n) is 7.07. The van der Waals surface area contributed by atoms with Gasteiger partial charge in [-0.2, -0.15) is 5.10 Å². The van der Waals surface area contributed by atoms with E-state index in [-0.39, 0.29) is 11.9 Å². The van der Waals surface area contributed by atoms with Crippen LogP contribution in [0.5, 0.6) is 0 Å². The van der Waals surface area contributed by atoms with Gasteiger partial charge < -0.3 is 5.32 Å². The van der Waals surface area contributed by atoms with Gasteiger partial charge in [-0.1, -0.05) is 0 Å². The number of hydrogen-bond acceptors (Lipinski definition) is 4. The number of nitrogens with one attached hydrogen (secondary N) is 1. The maximum absolute atomic E-state index is 12.2. The molecule has 0 bridgehead atoms. The third-order valence-electron chi connectivity index (χ3n) is 3.56. The topological polar surface area (TPSA) is 72.7 Å². The Balaban J connectivity index is 2.18. The molecule has 0 saturated heterocycles. The van der Waals surface area contributed by atoms with E-state index in [4.69, 9.17) is 0 Å². The summed E-state index contributed by atoms with van der Waals surface area (Å²) in [5, 5.41) is 7.46. The van der Waals surface area contributed by atoms with E-state index in [2.05, 4.69) is 27.3 Å². The van der Waals surface area contributed by atoms with Crippen LogP contribution in [-0.2, 0) is 6.54 Å². The van der Waals surface area contributed by atoms with Crippen molar-refractivity contribution in [3.8, 4) is 0 Å². The molecule has 0 fully saturated rings. The maximum atomic E-state index is 12.2. The first-order chi connectivity index (χ1) is 9.93. The van der Waals surface area contributed by atoms with Crippen LogP contribution in [0.4, 0.5) is 0 Å². The molecule has 0 aromatic carbocycles. The van der Waals surface area contributed by atoms with E-state index in [0.717, 1.165) is 23.5 Å². The summed E-state index contributed by atoms with van der Waals surface area (Å²) in [6, 6.07) is -0.112. The van der Waals surface area contributed by atoms with Crippen LogP contribution in [0, 0.1) is 20.8 Å². The Hall–Kier alpha value is -2.24. The molecule has 112 valence electrons. The van der Waals surface area contributed by atoms with E-state index in [1.807, 2.05) is 25.5 Å². The third kappa shape index (κ3) is 3.09. The maximum Gasteiger partial charge on any atom is 0.254 e. The molecule has 21 heavy (non-hydrogen) atoms. The Labute approximate surface area is 124 Å². The lowest BCUT2D eigenvalue weighted by molar-refractivity contribution is 0.0939. The number of rotatable bonds is 4. The smallest absolute Gasteiger partial charge is 0.254 e. The van der Waals surface area contributed by atoms with E-state index < -0.39 is 0 Å². The minimum Gasteiger partial charge on any atom is -0.345 e. The molecule has 2 rings (SSSR count). The predicted octanol–water partition coefficient (Wildman–Crippen LogP) is 2.11. The summed E-state index contributed by atoms with van der Waals surface area (Å²) in [4.78, 5) is 20.3. The number of amides is 1. The van der Waals surface area contributed by atoms with Gasteiger partial charge in [0.15, 0.2) is 0 Å². The highest BCUT2D eigenvalue weighted by Gasteiger charge is 2.19. The van der Waals surface area contributed by atoms with E-state index in [0.29, 0.717) is 11.4 Å². The third-order valence-corrected chi connectivity index (χ3v) is 3.56. The average Bonchev–Trinajstić information content (AvgIpc) is 2.73. The predicted molar refractivity (Wildman–Crippen MR) is 80.0 cm³/mol. The summed E-state index contributed by atoms with van der Waals surface area (Å²) >= 11 is 0. The first kappa shape index (κ1) is 15.2. The molecule has 0 unspecified atom stereocenters. The number of carbonyl (C=O) groups excluding carboxylic acids is 1. The average molecular weight is 287 g/mol. The van der Waals surface area contributed by atoms with E-state index in [1.54, 1.807) is 19.3 Å². The molecule has 2 aromatic heterocycles. The Morgan fingerprint density at radius 2 is 1.90 bits per heavy atom. The zero-order chi connectivity index (χ0) is 15.6. The van der Waals surface area contributed by atoms with Crippen molar-refractivity contribution in [3.63, 3.8) is 0 Å². The monoisotopic (exact) mass is 287 g/mol. The Morgan fingerprint density at radius 1 is 1.29 bits per heavy atom. The zero-order valence-corrected chi connectivity index (χ0v) is 13.1. The van der Waals surface area contributed by atoms with Crippen molar-refractivity contribution < 1.29 is 4.79 Å². The van der Waals surface area contributed by atoms with Gasteiger partial charge >= 0.3 is 0 Å². The van der Waals surface area contributed by atoms with Crippen molar-refractivity contribution in [2.24, 2.45) is 0 Å². The Morgan fingerprint density at radius 3 is 2.43 bits per heavy atom. The number of carbonyl (C=O) groups is 1. The van der Waals surface area contributed by atoms with Crippen LogP contribution in [0.25, 0.3) is 0 Å². The lowest BCUT2D eigenvalue weighted by Gasteiger charge is -2.15. The van der Waals surface area contributed by atoms with Gasteiger partial charge in [0, 0.05) is 30.2 Å². The molecule has 0 aliphatic carbocycles. The van der Waals surface area contributed by atoms with Crippen molar-refractivity contribution >= 4 is 5.91 Å². The lowest BCUT2D eigenvalue weighted by Crippen LogP contribution is -2.27. The van der Waals surface area contributed by atoms with Gasteiger partial charge in [0.05, 0.1) is 17.3 Å². The SMILES string of the molecule is CCn1nc(C)c([C@@H](C)NC(=O)c2cnc(C)nc2)c1C. The second kappa shape index (κ2) is 6.03. The van der Waals surface area contributed by atoms with Gasteiger partial charge in [0.2, 0.25) is 0 Å². The van der Waals surface area contributed by atoms with Gasteiger partial charge in [-0.3, -0.25) is 9.48 Å². The molecule has 0 aliphatic rings. The first-order valence-corrected chi connectivity index (χ1v) is 7.07. The van der Waals surface area contributed by atoms with Gasteiger partial charge in [-0.05, 0) is 34.6 Å². The highest BCUT2D eigenvalue weighted by molar-refractivity contribution is 5.93. The van der Waals surface area contributed by atoms with Crippen LogP contribution in [0.2, 0.25) is 0 Å². The summed E-state index contributed by atoms with van der Waals surface area (Å²) in [5.41, 5.74) is 3.56. The molecule has 0 saturated carbocycles. The summed E-state index contributed by atoms with van der Waals surface area (Å²) in [5.74, 6) is 0.473. The van der Waals surface area contributed by atoms with E-state index in [9.17, 15) is 4.79 Å². The fourth-order valence-electron chi connectivity index (χ4n) is 2.51. The van der Waals surface area contributed by atoms with Crippen LogP contribution in [0.3, 0.4) is 0 Å². The van der Waals surface area contributed by atoms with Crippen molar-refractivity contribution in [2.45, 2.75) is 47.2 Å². The molecule has 0 aliphatic heterocycles. The largest absolute Gasteiger partial charge is 0.345 e. The second-order valence-corrected chi connectivity index (χ2v) is 5.11. The van der Waals surface area contributed by atoms with Crippen LogP contribution < -0.4 is 5.32 Å². The normalized spacial score (nSPS) is 12.2.